The highest BCUT2D eigenvalue weighted by Crippen LogP contribution is 2.38. The van der Waals surface area contributed by atoms with Crippen LogP contribution >= 0.6 is 0 Å². The summed E-state index contributed by atoms with van der Waals surface area (Å²) in [4.78, 5) is 23.2. The van der Waals surface area contributed by atoms with E-state index in [1.807, 2.05) is 42.5 Å². The van der Waals surface area contributed by atoms with Crippen LogP contribution in [0.15, 0.2) is 78.9 Å². The average Bonchev–Trinajstić information content (AvgIpc) is 3.12. The molecule has 186 valence electrons. The smallest absolute Gasteiger partial charge is 0.422 e. The van der Waals surface area contributed by atoms with E-state index < -0.39 is 11.9 Å². The van der Waals surface area contributed by atoms with Crippen molar-refractivity contribution >= 4 is 34.3 Å². The van der Waals surface area contributed by atoms with Crippen LogP contribution in [0.4, 0.5) is 0 Å². The molecule has 0 spiro atoms. The second-order valence-corrected chi connectivity index (χ2v) is 9.33. The first kappa shape index (κ1) is 24.2. The van der Waals surface area contributed by atoms with E-state index in [1.165, 1.54) is 11.1 Å². The number of hydrogen-bond acceptors (Lipinski definition) is 5. The molecule has 1 aliphatic carbocycles. The summed E-state index contributed by atoms with van der Waals surface area (Å²) >= 11 is 0. The molecule has 7 nitrogen and oxygen atoms in total. The number of rotatable bonds is 6. The van der Waals surface area contributed by atoms with E-state index in [1.54, 1.807) is 12.1 Å². The first-order valence-corrected chi connectivity index (χ1v) is 12.2. The van der Waals surface area contributed by atoms with Gasteiger partial charge >= 0.3 is 11.9 Å². The van der Waals surface area contributed by atoms with Gasteiger partial charge in [0.15, 0.2) is 0 Å². The lowest BCUT2D eigenvalue weighted by Gasteiger charge is -2.21. The van der Waals surface area contributed by atoms with Crippen LogP contribution in [0.5, 0.6) is 5.75 Å². The lowest BCUT2D eigenvalue weighted by molar-refractivity contribution is -0.157. The SMILES string of the molecule is N=C1CCC(=N)c2c(n(CC(Cc3ccccc3)c3ccccc3)c3cccc(OC(=O)C(=O)O)c23)C1. The molecule has 7 heteroatoms. The van der Waals surface area contributed by atoms with E-state index in [9.17, 15) is 9.59 Å². The predicted molar refractivity (Wildman–Crippen MR) is 142 cm³/mol. The van der Waals surface area contributed by atoms with Gasteiger partial charge in [-0.25, -0.2) is 9.59 Å². The normalized spacial score (nSPS) is 14.2. The summed E-state index contributed by atoms with van der Waals surface area (Å²) in [6, 6.07) is 25.7. The van der Waals surface area contributed by atoms with Crippen LogP contribution in [0.25, 0.3) is 10.9 Å². The van der Waals surface area contributed by atoms with Crippen molar-refractivity contribution in [1.29, 1.82) is 10.8 Å². The Bertz CT molecular complexity index is 1510. The quantitative estimate of drug-likeness (QED) is 0.145. The zero-order chi connectivity index (χ0) is 25.9. The number of carbonyl (C=O) groups is 2. The van der Waals surface area contributed by atoms with E-state index >= 15 is 0 Å². The highest BCUT2D eigenvalue weighted by molar-refractivity contribution is 6.29. The van der Waals surface area contributed by atoms with Crippen LogP contribution in [0.2, 0.25) is 0 Å². The molecule has 3 N–H and O–H groups in total. The number of esters is 1. The van der Waals surface area contributed by atoms with Crippen molar-refractivity contribution < 1.29 is 19.4 Å². The summed E-state index contributed by atoms with van der Waals surface area (Å²) in [7, 11) is 0. The molecule has 0 saturated heterocycles. The van der Waals surface area contributed by atoms with E-state index in [4.69, 9.17) is 20.7 Å². The zero-order valence-electron chi connectivity index (χ0n) is 20.2. The molecule has 1 atom stereocenters. The summed E-state index contributed by atoms with van der Waals surface area (Å²) < 4.78 is 7.40. The van der Waals surface area contributed by atoms with Gasteiger partial charge in [0, 0.05) is 41.6 Å². The highest BCUT2D eigenvalue weighted by atomic mass is 16.6. The fraction of sp³-hybridized carbons (Fsp3) is 0.200. The number of hydrogen-bond donors (Lipinski definition) is 3. The molecule has 0 saturated carbocycles. The van der Waals surface area contributed by atoms with Gasteiger partial charge in [-0.2, -0.15) is 0 Å². The zero-order valence-corrected chi connectivity index (χ0v) is 20.2. The Morgan fingerprint density at radius 3 is 2.32 bits per heavy atom. The minimum Gasteiger partial charge on any atom is -0.473 e. The second-order valence-electron chi connectivity index (χ2n) is 9.33. The summed E-state index contributed by atoms with van der Waals surface area (Å²) in [6.07, 6.45) is 2.06. The Hall–Kier alpha value is -4.52. The maximum Gasteiger partial charge on any atom is 0.422 e. The molecule has 5 rings (SSSR count). The molecule has 0 fully saturated rings. The van der Waals surface area contributed by atoms with Gasteiger partial charge < -0.3 is 25.2 Å². The van der Waals surface area contributed by atoms with Crippen molar-refractivity contribution in [3.05, 3.63) is 101 Å². The van der Waals surface area contributed by atoms with Crippen LogP contribution in [0.1, 0.15) is 41.1 Å². The summed E-state index contributed by atoms with van der Waals surface area (Å²) in [6.45, 7) is 0.585. The maximum absolute atomic E-state index is 12.0. The largest absolute Gasteiger partial charge is 0.473 e. The third kappa shape index (κ3) is 4.93. The van der Waals surface area contributed by atoms with Gasteiger partial charge in [-0.1, -0.05) is 66.7 Å². The predicted octanol–water partition coefficient (Wildman–Crippen LogP) is 5.38. The molecule has 1 heterocycles. The van der Waals surface area contributed by atoms with Crippen molar-refractivity contribution in [3.8, 4) is 5.75 Å². The van der Waals surface area contributed by atoms with E-state index in [2.05, 4.69) is 28.8 Å². The maximum atomic E-state index is 12.0. The van der Waals surface area contributed by atoms with Crippen LogP contribution in [0.3, 0.4) is 0 Å². The molecular weight excluding hydrogens is 466 g/mol. The summed E-state index contributed by atoms with van der Waals surface area (Å²) in [5, 5.41) is 27.0. The molecule has 1 aliphatic rings. The van der Waals surface area contributed by atoms with Crippen LogP contribution in [-0.2, 0) is 29.0 Å². The number of ether oxygens (including phenoxy) is 1. The molecule has 0 aliphatic heterocycles. The van der Waals surface area contributed by atoms with E-state index in [-0.39, 0.29) is 11.7 Å². The molecular formula is C30H27N3O4. The number of carboxylic acids is 1. The molecule has 1 aromatic heterocycles. The average molecular weight is 494 g/mol. The fourth-order valence-electron chi connectivity index (χ4n) is 5.19. The summed E-state index contributed by atoms with van der Waals surface area (Å²) in [5.74, 6) is -2.82. The summed E-state index contributed by atoms with van der Waals surface area (Å²) in [5.41, 5.74) is 5.50. The van der Waals surface area contributed by atoms with Crippen molar-refractivity contribution in [2.24, 2.45) is 0 Å². The lowest BCUT2D eigenvalue weighted by atomic mass is 9.91. The van der Waals surface area contributed by atoms with Gasteiger partial charge in [0.1, 0.15) is 5.75 Å². The van der Waals surface area contributed by atoms with Gasteiger partial charge in [0.2, 0.25) is 0 Å². The van der Waals surface area contributed by atoms with E-state index in [0.717, 1.165) is 17.6 Å². The molecule has 0 bridgehead atoms. The van der Waals surface area contributed by atoms with Gasteiger partial charge in [-0.3, -0.25) is 0 Å². The Morgan fingerprint density at radius 2 is 1.62 bits per heavy atom. The number of nitrogens with one attached hydrogen (secondary N) is 2. The highest BCUT2D eigenvalue weighted by Gasteiger charge is 2.29. The molecule has 1 unspecified atom stereocenters. The monoisotopic (exact) mass is 493 g/mol. The second kappa shape index (κ2) is 10.2. The molecule has 37 heavy (non-hydrogen) atoms. The minimum absolute atomic E-state index is 0.0974. The van der Waals surface area contributed by atoms with Crippen molar-refractivity contribution in [1.82, 2.24) is 4.57 Å². The number of benzene rings is 3. The molecule has 3 aromatic carbocycles. The number of fused-ring (bicyclic) bond motifs is 3. The van der Waals surface area contributed by atoms with Crippen LogP contribution in [-0.4, -0.2) is 33.0 Å². The standard InChI is InChI=1S/C30H27N3O4/c31-22-14-15-23(32)27-25(17-22)33(24-12-7-13-26(28(24)27)37-30(36)29(34)35)18-21(20-10-5-2-6-11-20)16-19-8-3-1-4-9-19/h1-13,21,31-32H,14-18H2,(H,34,35). The third-order valence-corrected chi connectivity index (χ3v) is 6.89. The number of aromatic nitrogens is 1. The first-order chi connectivity index (χ1) is 17.9. The number of carbonyl (C=O) groups excluding carboxylic acids is 1. The van der Waals surface area contributed by atoms with Gasteiger partial charge in [0.05, 0.1) is 10.9 Å². The third-order valence-electron chi connectivity index (χ3n) is 6.89. The van der Waals surface area contributed by atoms with Crippen molar-refractivity contribution in [2.75, 3.05) is 0 Å². The Labute approximate surface area is 214 Å². The fourth-order valence-corrected chi connectivity index (χ4v) is 5.19. The Kier molecular flexibility index (Phi) is 6.68. The number of carboxylic acid groups (broad SMARTS) is 1. The van der Waals surface area contributed by atoms with Crippen LogP contribution < -0.4 is 4.74 Å². The van der Waals surface area contributed by atoms with E-state index in [0.29, 0.717) is 48.2 Å². The Balaban J connectivity index is 1.68. The number of aliphatic carboxylic acids is 1. The van der Waals surface area contributed by atoms with Crippen LogP contribution in [0, 0.1) is 10.8 Å². The van der Waals surface area contributed by atoms with Gasteiger partial charge in [0.25, 0.3) is 0 Å². The number of nitrogens with zero attached hydrogens (tertiary/aromatic N) is 1. The van der Waals surface area contributed by atoms with Gasteiger partial charge in [-0.05, 0) is 42.5 Å². The van der Waals surface area contributed by atoms with Gasteiger partial charge in [-0.15, -0.1) is 0 Å². The lowest BCUT2D eigenvalue weighted by Crippen LogP contribution is -2.19. The minimum atomic E-state index is -1.67. The van der Waals surface area contributed by atoms with Crippen molar-refractivity contribution in [3.63, 3.8) is 0 Å². The molecule has 4 aromatic rings. The topological polar surface area (TPSA) is 116 Å². The first-order valence-electron chi connectivity index (χ1n) is 12.2. The molecule has 0 amide bonds. The van der Waals surface area contributed by atoms with Crippen molar-refractivity contribution in [2.45, 2.75) is 38.1 Å². The Morgan fingerprint density at radius 1 is 0.919 bits per heavy atom. The molecule has 0 radical (unpaired) electrons.